The normalized spacial score (nSPS) is 29.8. The molecule has 4 heterocycles. The number of rotatable bonds is 5. The predicted octanol–water partition coefficient (Wildman–Crippen LogP) is 3.87. The van der Waals surface area contributed by atoms with Crippen LogP contribution in [0.3, 0.4) is 0 Å². The number of anilines is 1. The van der Waals surface area contributed by atoms with Crippen molar-refractivity contribution in [2.45, 2.75) is 61.4 Å². The summed E-state index contributed by atoms with van der Waals surface area (Å²) in [6.07, 6.45) is 2.12. The number of phenolic OH excluding ortho intramolecular Hbond substituents is 1. The summed E-state index contributed by atoms with van der Waals surface area (Å²) >= 11 is 0.635. The molecule has 5 rings (SSSR count). The van der Waals surface area contributed by atoms with E-state index in [4.69, 9.17) is 4.11 Å². The number of alkyl halides is 1. The van der Waals surface area contributed by atoms with Gasteiger partial charge in [-0.25, -0.2) is 9.37 Å². The van der Waals surface area contributed by atoms with Crippen LogP contribution in [-0.4, -0.2) is 67.0 Å². The quantitative estimate of drug-likeness (QED) is 0.523. The van der Waals surface area contributed by atoms with Crippen molar-refractivity contribution < 1.29 is 13.6 Å². The first-order chi connectivity index (χ1) is 17.4. The number of halogens is 1. The van der Waals surface area contributed by atoms with Crippen LogP contribution in [0.4, 0.5) is 10.2 Å². The monoisotopic (exact) mass is 484 g/mol. The Balaban J connectivity index is 1.35. The van der Waals surface area contributed by atoms with E-state index in [1.165, 1.54) is 12.3 Å². The Morgan fingerprint density at radius 1 is 1.18 bits per heavy atom. The molecule has 0 spiro atoms. The summed E-state index contributed by atoms with van der Waals surface area (Å²) in [6.45, 7) is 4.08. The average molecular weight is 485 g/mol. The number of hydrogen-bond acceptors (Lipinski definition) is 9. The molecular formula is C24H28FN7OS. The van der Waals surface area contributed by atoms with Gasteiger partial charge >= 0.3 is 0 Å². The second-order valence-electron chi connectivity index (χ2n) is 9.64. The molecule has 1 aromatic carbocycles. The minimum Gasteiger partial charge on any atom is -0.507 e. The molecule has 3 aromatic rings. The molecule has 34 heavy (non-hydrogen) atoms. The number of phenols is 1. The van der Waals surface area contributed by atoms with Crippen LogP contribution in [0, 0.1) is 0 Å². The molecule has 178 valence electrons. The molecule has 2 aliphatic rings. The highest BCUT2D eigenvalue weighted by Gasteiger charge is 2.56. The van der Waals surface area contributed by atoms with Crippen LogP contribution in [0.15, 0.2) is 41.7 Å². The fourth-order valence-corrected chi connectivity index (χ4v) is 5.49. The van der Waals surface area contributed by atoms with Gasteiger partial charge in [-0.3, -0.25) is 0 Å². The van der Waals surface area contributed by atoms with E-state index in [9.17, 15) is 5.11 Å². The molecule has 2 aromatic heterocycles. The summed E-state index contributed by atoms with van der Waals surface area (Å²) in [5, 5.41) is 30.7. The number of nitrogens with zero attached hydrogens (tertiary/aromatic N) is 6. The lowest BCUT2D eigenvalue weighted by Crippen LogP contribution is -2.65. The van der Waals surface area contributed by atoms with Gasteiger partial charge in [0.05, 0.1) is 24.0 Å². The van der Waals surface area contributed by atoms with Gasteiger partial charge in [-0.15, -0.1) is 27.1 Å². The first kappa shape index (κ1) is 19.5. The van der Waals surface area contributed by atoms with Gasteiger partial charge in [0, 0.05) is 27.8 Å². The maximum atomic E-state index is 15.5. The summed E-state index contributed by atoms with van der Waals surface area (Å²) in [4.78, 5) is 6.21. The largest absolute Gasteiger partial charge is 0.507 e. The van der Waals surface area contributed by atoms with Crippen molar-refractivity contribution >= 4 is 17.6 Å². The third kappa shape index (κ3) is 3.98. The van der Waals surface area contributed by atoms with E-state index in [1.807, 2.05) is 18.9 Å². The van der Waals surface area contributed by atoms with Gasteiger partial charge in [-0.2, -0.15) is 5.10 Å². The molecule has 2 saturated heterocycles. The van der Waals surface area contributed by atoms with Crippen LogP contribution in [0.1, 0.15) is 37.2 Å². The summed E-state index contributed by atoms with van der Waals surface area (Å²) in [6, 6.07) is 6.19. The third-order valence-corrected chi connectivity index (χ3v) is 7.52. The maximum absolute atomic E-state index is 15.5. The van der Waals surface area contributed by atoms with Crippen LogP contribution in [0.25, 0.3) is 22.5 Å². The first-order valence-electron chi connectivity index (χ1n) is 12.6. The zero-order valence-corrected chi connectivity index (χ0v) is 20.0. The molecule has 4 atom stereocenters. The highest BCUT2D eigenvalue weighted by molar-refractivity contribution is 7.98. The van der Waals surface area contributed by atoms with E-state index in [0.29, 0.717) is 40.7 Å². The van der Waals surface area contributed by atoms with E-state index in [1.54, 1.807) is 24.4 Å². The van der Waals surface area contributed by atoms with E-state index in [0.717, 1.165) is 12.8 Å². The lowest BCUT2D eigenvalue weighted by Gasteiger charge is -2.47. The van der Waals surface area contributed by atoms with Gasteiger partial charge in [0.25, 0.3) is 0 Å². The second-order valence-corrected chi connectivity index (χ2v) is 10.3. The zero-order chi connectivity index (χ0) is 26.6. The van der Waals surface area contributed by atoms with Crippen molar-refractivity contribution in [3.8, 4) is 28.3 Å². The minimum absolute atomic E-state index is 0.0677. The number of nitrogens with one attached hydrogen (secondary N) is 1. The van der Waals surface area contributed by atoms with Crippen LogP contribution in [0.2, 0.25) is 0 Å². The molecule has 0 saturated carbocycles. The molecular weight excluding hydrogens is 453 g/mol. The Morgan fingerprint density at radius 2 is 2.03 bits per heavy atom. The number of thioether (sulfide) groups is 1. The second kappa shape index (κ2) is 8.42. The fourth-order valence-electron chi connectivity index (χ4n) is 5.21. The van der Waals surface area contributed by atoms with Gasteiger partial charge in [0.2, 0.25) is 0 Å². The molecule has 2 bridgehead atoms. The number of aromatic nitrogens is 5. The maximum Gasteiger partial charge on any atom is 0.185 e. The van der Waals surface area contributed by atoms with Crippen molar-refractivity contribution in [3.05, 3.63) is 36.7 Å². The summed E-state index contributed by atoms with van der Waals surface area (Å²) in [5.74, 6) is 0.624. The lowest BCUT2D eigenvalue weighted by atomic mass is 9.82. The Labute approximate surface area is 206 Å². The Bertz CT molecular complexity index is 1310. The van der Waals surface area contributed by atoms with Gasteiger partial charge in [0.15, 0.2) is 11.6 Å². The number of aromatic hydroxyl groups is 1. The van der Waals surface area contributed by atoms with E-state index in [2.05, 4.69) is 37.6 Å². The van der Waals surface area contributed by atoms with Crippen LogP contribution in [-0.2, 0) is 0 Å². The van der Waals surface area contributed by atoms with Crippen molar-refractivity contribution in [1.29, 1.82) is 0 Å². The summed E-state index contributed by atoms with van der Waals surface area (Å²) < 4.78 is 37.6. The smallest absolute Gasteiger partial charge is 0.185 e. The minimum atomic E-state index is -2.24. The fraction of sp³-hybridized carbons (Fsp3) is 0.458. The molecule has 2 fully saturated rings. The topological polar surface area (TPSA) is 100.0 Å². The summed E-state index contributed by atoms with van der Waals surface area (Å²) in [7, 11) is 1.81. The van der Waals surface area contributed by atoms with Crippen LogP contribution < -0.4 is 10.2 Å². The van der Waals surface area contributed by atoms with Crippen LogP contribution in [0.5, 0.6) is 5.75 Å². The Morgan fingerprint density at radius 3 is 2.76 bits per heavy atom. The van der Waals surface area contributed by atoms with Gasteiger partial charge in [0.1, 0.15) is 16.9 Å². The summed E-state index contributed by atoms with van der Waals surface area (Å²) in [5.41, 5.74) is 0.953. The Hall–Kier alpha value is -2.85. The SMILES string of the molecule is [2H]C([2H])([2H])Sc1cc(-c2ccc(-c3ncc(N(C)[C@H]4C[C@]5(C)CC[C@@](C)(N5)[C@H]4F)nn3)c(O)c2)cnn1. The predicted molar refractivity (Wildman–Crippen MR) is 131 cm³/mol. The molecule has 2 aliphatic heterocycles. The van der Waals surface area contributed by atoms with Crippen molar-refractivity contribution in [1.82, 2.24) is 30.7 Å². The van der Waals surface area contributed by atoms with E-state index in [-0.39, 0.29) is 28.2 Å². The highest BCUT2D eigenvalue weighted by Crippen LogP contribution is 2.45. The highest BCUT2D eigenvalue weighted by atomic mass is 32.2. The number of hydrogen-bond donors (Lipinski definition) is 2. The van der Waals surface area contributed by atoms with Crippen molar-refractivity contribution in [3.63, 3.8) is 0 Å². The molecule has 8 nitrogen and oxygen atoms in total. The average Bonchev–Trinajstić information content (AvgIpc) is 3.12. The number of fused-ring (bicyclic) bond motifs is 2. The molecule has 0 amide bonds. The number of piperidine rings is 1. The standard InChI is InChI=1S/C24H28FN7OS/c1-23-7-8-24(2,31-23)21(25)17(11-23)32(3)19-13-26-22(30-28-19)16-6-5-14(9-18(16)33)15-10-20(34-4)29-27-12-15/h5-6,9-10,12-13,17,21,31,33H,7-8,11H2,1-4H3/t17-,21-,23-,24+/m0/s1/i4D3. The van der Waals surface area contributed by atoms with E-state index >= 15 is 4.39 Å². The van der Waals surface area contributed by atoms with Gasteiger partial charge in [-0.05, 0) is 63.1 Å². The molecule has 10 heteroatoms. The number of benzene rings is 1. The molecule has 0 aliphatic carbocycles. The van der Waals surface area contributed by atoms with Crippen molar-refractivity contribution in [2.75, 3.05) is 18.1 Å². The van der Waals surface area contributed by atoms with E-state index < -0.39 is 17.9 Å². The zero-order valence-electron chi connectivity index (χ0n) is 22.2. The molecule has 0 unspecified atom stereocenters. The van der Waals surface area contributed by atoms with Crippen molar-refractivity contribution in [2.24, 2.45) is 0 Å². The Kier molecular flexibility index (Phi) is 4.82. The third-order valence-electron chi connectivity index (χ3n) is 7.11. The molecule has 2 N–H and O–H groups in total. The molecule has 0 radical (unpaired) electrons. The first-order valence-corrected chi connectivity index (χ1v) is 11.9. The lowest BCUT2D eigenvalue weighted by molar-refractivity contribution is 0.0859. The van der Waals surface area contributed by atoms with Gasteiger partial charge in [-0.1, -0.05) is 6.07 Å². The van der Waals surface area contributed by atoms with Gasteiger partial charge < -0.3 is 15.3 Å². The van der Waals surface area contributed by atoms with Crippen LogP contribution >= 0.6 is 11.8 Å².